The summed E-state index contributed by atoms with van der Waals surface area (Å²) < 4.78 is 5.04. The number of rotatable bonds is 11. The zero-order chi connectivity index (χ0) is 21.1. The van der Waals surface area contributed by atoms with Crippen LogP contribution in [0.5, 0.6) is 0 Å². The van der Waals surface area contributed by atoms with Crippen LogP contribution in [0.1, 0.15) is 30.9 Å². The number of nitrogens with one attached hydrogen (secondary N) is 1. The number of amides is 2. The van der Waals surface area contributed by atoms with E-state index in [1.165, 1.54) is 0 Å². The summed E-state index contributed by atoms with van der Waals surface area (Å²) in [5.74, 6) is -0.213. The molecule has 6 heteroatoms. The second kappa shape index (κ2) is 12.2. The van der Waals surface area contributed by atoms with E-state index in [0.29, 0.717) is 37.6 Å². The van der Waals surface area contributed by atoms with Crippen LogP contribution in [0.4, 0.5) is 0 Å². The highest BCUT2D eigenvalue weighted by Gasteiger charge is 2.29. The standard InChI is InChI=1S/C23H29ClN2O3/c1-3-7-22(27)26(17-19-10-12-20(24)13-11-19)21(23(28)25-14-15-29-2)16-18-8-5-4-6-9-18/h4-6,8-13,21H,3,7,14-17H2,1-2H3,(H,25,28)/t21-/m0/s1. The first kappa shape index (κ1) is 22.9. The van der Waals surface area contributed by atoms with Crippen molar-refractivity contribution >= 4 is 23.4 Å². The maximum atomic E-state index is 13.0. The number of carbonyl (C=O) groups excluding carboxylic acids is 2. The summed E-state index contributed by atoms with van der Waals surface area (Å²) in [5.41, 5.74) is 1.94. The van der Waals surface area contributed by atoms with Crippen molar-refractivity contribution < 1.29 is 14.3 Å². The van der Waals surface area contributed by atoms with Gasteiger partial charge in [0.25, 0.3) is 0 Å². The molecule has 156 valence electrons. The van der Waals surface area contributed by atoms with E-state index in [9.17, 15) is 9.59 Å². The minimum Gasteiger partial charge on any atom is -0.383 e. The van der Waals surface area contributed by atoms with Crippen LogP contribution in [0.2, 0.25) is 5.02 Å². The second-order valence-electron chi connectivity index (χ2n) is 6.89. The molecule has 0 unspecified atom stereocenters. The largest absolute Gasteiger partial charge is 0.383 e. The molecule has 0 spiro atoms. The van der Waals surface area contributed by atoms with Gasteiger partial charge in [0.1, 0.15) is 6.04 Å². The monoisotopic (exact) mass is 416 g/mol. The third-order valence-corrected chi connectivity index (χ3v) is 4.86. The van der Waals surface area contributed by atoms with E-state index in [2.05, 4.69) is 5.32 Å². The van der Waals surface area contributed by atoms with Crippen LogP contribution in [0.15, 0.2) is 54.6 Å². The molecule has 0 fully saturated rings. The van der Waals surface area contributed by atoms with Gasteiger partial charge in [-0.1, -0.05) is 61.0 Å². The summed E-state index contributed by atoms with van der Waals surface area (Å²) in [4.78, 5) is 27.7. The number of nitrogens with zero attached hydrogens (tertiary/aromatic N) is 1. The van der Waals surface area contributed by atoms with Crippen LogP contribution in [-0.4, -0.2) is 43.0 Å². The molecule has 2 aromatic carbocycles. The van der Waals surface area contributed by atoms with Gasteiger partial charge in [0, 0.05) is 38.1 Å². The smallest absolute Gasteiger partial charge is 0.243 e. The molecule has 0 aliphatic heterocycles. The van der Waals surface area contributed by atoms with Crippen LogP contribution in [0.25, 0.3) is 0 Å². The lowest BCUT2D eigenvalue weighted by atomic mass is 10.0. The topological polar surface area (TPSA) is 58.6 Å². The molecule has 29 heavy (non-hydrogen) atoms. The average Bonchev–Trinajstić information content (AvgIpc) is 2.73. The third-order valence-electron chi connectivity index (χ3n) is 4.61. The zero-order valence-corrected chi connectivity index (χ0v) is 17.8. The van der Waals surface area contributed by atoms with Crippen LogP contribution < -0.4 is 5.32 Å². The van der Waals surface area contributed by atoms with Crippen molar-refractivity contribution in [2.45, 2.75) is 38.8 Å². The molecule has 2 rings (SSSR count). The average molecular weight is 417 g/mol. The molecule has 1 N–H and O–H groups in total. The van der Waals surface area contributed by atoms with E-state index < -0.39 is 6.04 Å². The maximum Gasteiger partial charge on any atom is 0.243 e. The minimum atomic E-state index is -0.607. The van der Waals surface area contributed by atoms with Gasteiger partial charge in [-0.3, -0.25) is 9.59 Å². The van der Waals surface area contributed by atoms with Gasteiger partial charge in [0.05, 0.1) is 6.61 Å². The van der Waals surface area contributed by atoms with Crippen molar-refractivity contribution in [3.8, 4) is 0 Å². The maximum absolute atomic E-state index is 13.0. The predicted molar refractivity (Wildman–Crippen MR) is 116 cm³/mol. The highest BCUT2D eigenvalue weighted by molar-refractivity contribution is 6.30. The summed E-state index contributed by atoms with van der Waals surface area (Å²) in [6.45, 7) is 3.13. The van der Waals surface area contributed by atoms with E-state index in [1.54, 1.807) is 24.1 Å². The molecule has 0 saturated carbocycles. The minimum absolute atomic E-state index is 0.0368. The SMILES string of the molecule is CCCC(=O)N(Cc1ccc(Cl)cc1)[C@@H](Cc1ccccc1)C(=O)NCCOC. The van der Waals surface area contributed by atoms with Gasteiger partial charge in [-0.2, -0.15) is 0 Å². The van der Waals surface area contributed by atoms with Gasteiger partial charge in [-0.05, 0) is 29.7 Å². The highest BCUT2D eigenvalue weighted by Crippen LogP contribution is 2.17. The van der Waals surface area contributed by atoms with Crippen LogP contribution >= 0.6 is 11.6 Å². The summed E-state index contributed by atoms with van der Waals surface area (Å²) in [6.07, 6.45) is 1.56. The molecule has 0 bridgehead atoms. The first-order valence-corrected chi connectivity index (χ1v) is 10.3. The molecule has 1 atom stereocenters. The molecule has 0 heterocycles. The van der Waals surface area contributed by atoms with Gasteiger partial charge in [-0.25, -0.2) is 0 Å². The first-order chi connectivity index (χ1) is 14.0. The van der Waals surface area contributed by atoms with Gasteiger partial charge in [0.15, 0.2) is 0 Å². The van der Waals surface area contributed by atoms with Crippen LogP contribution in [0.3, 0.4) is 0 Å². The molecule has 0 aliphatic carbocycles. The molecule has 0 aliphatic rings. The Morgan fingerprint density at radius 3 is 2.38 bits per heavy atom. The molecule has 0 saturated heterocycles. The Kier molecular flexibility index (Phi) is 9.68. The van der Waals surface area contributed by atoms with Crippen molar-refractivity contribution in [1.29, 1.82) is 0 Å². The highest BCUT2D eigenvalue weighted by atomic mass is 35.5. The fourth-order valence-electron chi connectivity index (χ4n) is 3.09. The van der Waals surface area contributed by atoms with Crippen LogP contribution in [0, 0.1) is 0 Å². The molecule has 2 amide bonds. The Labute approximate surface area is 178 Å². The zero-order valence-electron chi connectivity index (χ0n) is 17.1. The lowest BCUT2D eigenvalue weighted by Crippen LogP contribution is -2.51. The number of methoxy groups -OCH3 is 1. The van der Waals surface area contributed by atoms with Gasteiger partial charge in [-0.15, -0.1) is 0 Å². The van der Waals surface area contributed by atoms with E-state index in [0.717, 1.165) is 17.5 Å². The Bertz CT molecular complexity index is 765. The molecule has 0 aromatic heterocycles. The number of carbonyl (C=O) groups is 2. The molecular formula is C23H29ClN2O3. The Hall–Kier alpha value is -2.37. The summed E-state index contributed by atoms with van der Waals surface area (Å²) in [7, 11) is 1.59. The second-order valence-corrected chi connectivity index (χ2v) is 7.32. The summed E-state index contributed by atoms with van der Waals surface area (Å²) in [6, 6.07) is 16.5. The van der Waals surface area contributed by atoms with Gasteiger partial charge < -0.3 is 15.0 Å². The van der Waals surface area contributed by atoms with Crippen molar-refractivity contribution in [3.63, 3.8) is 0 Å². The van der Waals surface area contributed by atoms with Crippen molar-refractivity contribution in [2.75, 3.05) is 20.3 Å². The number of hydrogen-bond acceptors (Lipinski definition) is 3. The number of halogens is 1. The Morgan fingerprint density at radius 1 is 1.07 bits per heavy atom. The number of hydrogen-bond donors (Lipinski definition) is 1. The Balaban J connectivity index is 2.30. The third kappa shape index (κ3) is 7.52. The van der Waals surface area contributed by atoms with Gasteiger partial charge >= 0.3 is 0 Å². The fraction of sp³-hybridized carbons (Fsp3) is 0.391. The van der Waals surface area contributed by atoms with Crippen LogP contribution in [-0.2, 0) is 27.3 Å². The quantitative estimate of drug-likeness (QED) is 0.566. The summed E-state index contributed by atoms with van der Waals surface area (Å²) >= 11 is 6.00. The van der Waals surface area contributed by atoms with E-state index in [4.69, 9.17) is 16.3 Å². The summed E-state index contributed by atoms with van der Waals surface area (Å²) in [5, 5.41) is 3.53. The molecular weight excluding hydrogens is 388 g/mol. The number of ether oxygens (including phenoxy) is 1. The fourth-order valence-corrected chi connectivity index (χ4v) is 3.22. The normalized spacial score (nSPS) is 11.7. The lowest BCUT2D eigenvalue weighted by Gasteiger charge is -2.31. The van der Waals surface area contributed by atoms with E-state index in [-0.39, 0.29) is 11.8 Å². The van der Waals surface area contributed by atoms with E-state index >= 15 is 0 Å². The molecule has 2 aromatic rings. The lowest BCUT2D eigenvalue weighted by molar-refractivity contribution is -0.141. The first-order valence-electron chi connectivity index (χ1n) is 9.89. The molecule has 5 nitrogen and oxygen atoms in total. The Morgan fingerprint density at radius 2 is 1.76 bits per heavy atom. The predicted octanol–water partition coefficient (Wildman–Crippen LogP) is 3.84. The number of benzene rings is 2. The molecule has 0 radical (unpaired) electrons. The van der Waals surface area contributed by atoms with Crippen molar-refractivity contribution in [3.05, 3.63) is 70.7 Å². The van der Waals surface area contributed by atoms with Gasteiger partial charge in [0.2, 0.25) is 11.8 Å². The van der Waals surface area contributed by atoms with Crippen molar-refractivity contribution in [2.24, 2.45) is 0 Å². The van der Waals surface area contributed by atoms with Crippen molar-refractivity contribution in [1.82, 2.24) is 10.2 Å². The van der Waals surface area contributed by atoms with E-state index in [1.807, 2.05) is 49.4 Å².